The van der Waals surface area contributed by atoms with Gasteiger partial charge in [0.05, 0.1) is 11.7 Å². The van der Waals surface area contributed by atoms with Crippen LogP contribution >= 0.6 is 0 Å². The van der Waals surface area contributed by atoms with Crippen LogP contribution in [0.4, 0.5) is 4.79 Å². The summed E-state index contributed by atoms with van der Waals surface area (Å²) < 4.78 is 0. The minimum absolute atomic E-state index is 0.198. The Bertz CT molecular complexity index is 953. The number of amides is 3. The number of hydrogen-bond acceptors (Lipinski definition) is 5. The topological polar surface area (TPSA) is 125 Å². The molecule has 3 amide bonds. The second-order valence-corrected chi connectivity index (χ2v) is 6.99. The maximum absolute atomic E-state index is 12.5. The van der Waals surface area contributed by atoms with Gasteiger partial charge in [0.15, 0.2) is 6.04 Å². The van der Waals surface area contributed by atoms with E-state index in [0.717, 1.165) is 21.2 Å². The van der Waals surface area contributed by atoms with E-state index in [4.69, 9.17) is 5.73 Å². The summed E-state index contributed by atoms with van der Waals surface area (Å²) in [6, 6.07) is 11.7. The molecule has 1 aliphatic heterocycles. The van der Waals surface area contributed by atoms with Crippen LogP contribution < -0.4 is 16.4 Å². The maximum atomic E-state index is 12.5. The molecule has 1 saturated heterocycles. The molecule has 0 aromatic heterocycles. The van der Waals surface area contributed by atoms with Crippen LogP contribution in [0.5, 0.6) is 0 Å². The quantitative estimate of drug-likeness (QED) is 0.398. The lowest BCUT2D eigenvalue weighted by Crippen LogP contribution is -2.68. The normalized spacial score (nSPS) is 18.2. The standard InChI is InChI=1S/C21H24N4O4/c1-13(22)23-11-5-10-17-18(20(27)28)25(19(17)26)21(29)24-12-15-8-4-7-14-6-2-3-9-16(14)15/h2-4,6-9,17-18,23H,1,5,10-12,22H2,(H,24,29)(H,27,28). The van der Waals surface area contributed by atoms with Crippen molar-refractivity contribution in [1.29, 1.82) is 0 Å². The Kier molecular flexibility index (Phi) is 6.01. The van der Waals surface area contributed by atoms with Crippen LogP contribution in [-0.4, -0.2) is 40.5 Å². The number of nitrogens with one attached hydrogen (secondary N) is 2. The second kappa shape index (κ2) is 8.64. The highest BCUT2D eigenvalue weighted by Gasteiger charge is 2.54. The fraction of sp³-hybridized carbons (Fsp3) is 0.286. The van der Waals surface area contributed by atoms with E-state index in [1.54, 1.807) is 0 Å². The number of rotatable bonds is 8. The highest BCUT2D eigenvalue weighted by molar-refractivity contribution is 6.07. The van der Waals surface area contributed by atoms with Gasteiger partial charge in [0.2, 0.25) is 5.91 Å². The summed E-state index contributed by atoms with van der Waals surface area (Å²) in [5.41, 5.74) is 6.30. The largest absolute Gasteiger partial charge is 0.480 e. The fourth-order valence-electron chi connectivity index (χ4n) is 3.61. The van der Waals surface area contributed by atoms with E-state index < -0.39 is 29.9 Å². The van der Waals surface area contributed by atoms with Crippen LogP contribution in [0.2, 0.25) is 0 Å². The van der Waals surface area contributed by atoms with Crippen LogP contribution in [0.25, 0.3) is 10.8 Å². The number of fused-ring (bicyclic) bond motifs is 1. The van der Waals surface area contributed by atoms with E-state index >= 15 is 0 Å². The van der Waals surface area contributed by atoms with Crippen molar-refractivity contribution in [3.05, 3.63) is 60.4 Å². The van der Waals surface area contributed by atoms with Gasteiger partial charge >= 0.3 is 12.0 Å². The maximum Gasteiger partial charge on any atom is 0.327 e. The molecule has 2 unspecified atom stereocenters. The third-order valence-corrected chi connectivity index (χ3v) is 5.04. The molecule has 0 saturated carbocycles. The molecule has 2 aromatic rings. The molecule has 0 aliphatic carbocycles. The Balaban J connectivity index is 1.61. The van der Waals surface area contributed by atoms with E-state index in [0.29, 0.717) is 25.2 Å². The van der Waals surface area contributed by atoms with E-state index in [-0.39, 0.29) is 6.54 Å². The lowest BCUT2D eigenvalue weighted by atomic mass is 9.84. The molecule has 29 heavy (non-hydrogen) atoms. The zero-order valence-corrected chi connectivity index (χ0v) is 15.9. The molecule has 5 N–H and O–H groups in total. The number of hydrogen-bond donors (Lipinski definition) is 4. The van der Waals surface area contributed by atoms with Crippen LogP contribution in [0.3, 0.4) is 0 Å². The van der Waals surface area contributed by atoms with Gasteiger partial charge < -0.3 is 21.5 Å². The predicted octanol–water partition coefficient (Wildman–Crippen LogP) is 1.76. The molecular weight excluding hydrogens is 372 g/mol. The first-order chi connectivity index (χ1) is 13.9. The molecule has 2 atom stereocenters. The third kappa shape index (κ3) is 4.31. The number of likely N-dealkylation sites (tertiary alicyclic amines) is 1. The summed E-state index contributed by atoms with van der Waals surface area (Å²) in [6.45, 7) is 4.19. The lowest BCUT2D eigenvalue weighted by molar-refractivity contribution is -0.166. The third-order valence-electron chi connectivity index (χ3n) is 5.04. The number of nitrogens with zero attached hydrogens (tertiary/aromatic N) is 1. The number of carbonyl (C=O) groups is 3. The number of imide groups is 1. The molecule has 3 rings (SSSR count). The first-order valence-corrected chi connectivity index (χ1v) is 9.38. The fourth-order valence-corrected chi connectivity index (χ4v) is 3.61. The average Bonchev–Trinajstić information content (AvgIpc) is 2.69. The number of carboxylic acids is 1. The number of benzene rings is 2. The van der Waals surface area contributed by atoms with Crippen LogP contribution in [0.1, 0.15) is 18.4 Å². The summed E-state index contributed by atoms with van der Waals surface area (Å²) in [6.07, 6.45) is 0.894. The molecular formula is C21H24N4O4. The molecule has 0 radical (unpaired) electrons. The van der Waals surface area contributed by atoms with Crippen molar-refractivity contribution < 1.29 is 19.5 Å². The first kappa shape index (κ1) is 20.2. The number of urea groups is 1. The van der Waals surface area contributed by atoms with Crippen molar-refractivity contribution >= 4 is 28.7 Å². The van der Waals surface area contributed by atoms with Crippen LogP contribution in [0, 0.1) is 5.92 Å². The van der Waals surface area contributed by atoms with Gasteiger partial charge in [-0.05, 0) is 29.2 Å². The van der Waals surface area contributed by atoms with Gasteiger partial charge in [-0.2, -0.15) is 0 Å². The van der Waals surface area contributed by atoms with Gasteiger partial charge in [-0.1, -0.05) is 49.0 Å². The van der Waals surface area contributed by atoms with E-state index in [9.17, 15) is 19.5 Å². The van der Waals surface area contributed by atoms with Crippen molar-refractivity contribution in [3.8, 4) is 0 Å². The molecule has 152 valence electrons. The minimum atomic E-state index is -1.19. The Hall–Kier alpha value is -3.55. The number of nitrogens with two attached hydrogens (primary N) is 1. The first-order valence-electron chi connectivity index (χ1n) is 9.38. The van der Waals surface area contributed by atoms with Gasteiger partial charge in [-0.25, -0.2) is 14.5 Å². The van der Waals surface area contributed by atoms with Gasteiger partial charge in [-0.15, -0.1) is 0 Å². The smallest absolute Gasteiger partial charge is 0.327 e. The van der Waals surface area contributed by atoms with Gasteiger partial charge in [-0.3, -0.25) is 4.79 Å². The number of aliphatic carboxylic acids is 1. The molecule has 8 heteroatoms. The number of carbonyl (C=O) groups excluding carboxylic acids is 2. The van der Waals surface area contributed by atoms with Crippen molar-refractivity contribution in [2.75, 3.05) is 6.54 Å². The SMILES string of the molecule is C=C(N)NCCCC1C(=O)N(C(=O)NCc2cccc3ccccc23)C1C(=O)O. The summed E-state index contributed by atoms with van der Waals surface area (Å²) >= 11 is 0. The molecule has 2 aromatic carbocycles. The Morgan fingerprint density at radius 3 is 2.59 bits per heavy atom. The van der Waals surface area contributed by atoms with Gasteiger partial charge in [0.25, 0.3) is 0 Å². The number of carboxylic acid groups (broad SMARTS) is 1. The summed E-state index contributed by atoms with van der Waals surface area (Å²) in [5.74, 6) is -2.07. The Labute approximate surface area is 168 Å². The average molecular weight is 396 g/mol. The molecule has 0 spiro atoms. The minimum Gasteiger partial charge on any atom is -0.480 e. The summed E-state index contributed by atoms with van der Waals surface area (Å²) in [7, 11) is 0. The molecule has 1 heterocycles. The lowest BCUT2D eigenvalue weighted by Gasteiger charge is -2.42. The summed E-state index contributed by atoms with van der Waals surface area (Å²) in [5, 5.41) is 17.0. The molecule has 1 fully saturated rings. The second-order valence-electron chi connectivity index (χ2n) is 6.99. The Morgan fingerprint density at radius 2 is 1.86 bits per heavy atom. The Morgan fingerprint density at radius 1 is 1.14 bits per heavy atom. The van der Waals surface area contributed by atoms with E-state index in [2.05, 4.69) is 17.2 Å². The number of β-lactam (4-membered cyclic amide) rings is 1. The predicted molar refractivity (Wildman–Crippen MR) is 109 cm³/mol. The molecule has 1 aliphatic rings. The molecule has 8 nitrogen and oxygen atoms in total. The van der Waals surface area contributed by atoms with Crippen molar-refractivity contribution in [3.63, 3.8) is 0 Å². The van der Waals surface area contributed by atoms with Crippen LogP contribution in [-0.2, 0) is 16.1 Å². The zero-order chi connectivity index (χ0) is 21.0. The zero-order valence-electron chi connectivity index (χ0n) is 15.9. The monoisotopic (exact) mass is 396 g/mol. The van der Waals surface area contributed by atoms with E-state index in [1.165, 1.54) is 0 Å². The van der Waals surface area contributed by atoms with Gasteiger partial charge in [0, 0.05) is 13.1 Å². The van der Waals surface area contributed by atoms with Crippen molar-refractivity contribution in [1.82, 2.24) is 15.5 Å². The van der Waals surface area contributed by atoms with Gasteiger partial charge in [0.1, 0.15) is 0 Å². The highest BCUT2D eigenvalue weighted by atomic mass is 16.4. The van der Waals surface area contributed by atoms with Crippen LogP contribution in [0.15, 0.2) is 54.9 Å². The summed E-state index contributed by atoms with van der Waals surface area (Å²) in [4.78, 5) is 37.3. The molecule has 0 bridgehead atoms. The highest BCUT2D eigenvalue weighted by Crippen LogP contribution is 2.31. The van der Waals surface area contributed by atoms with E-state index in [1.807, 2.05) is 42.5 Å². The van der Waals surface area contributed by atoms with Crippen molar-refractivity contribution in [2.45, 2.75) is 25.4 Å². The van der Waals surface area contributed by atoms with Crippen molar-refractivity contribution in [2.24, 2.45) is 11.7 Å².